The Bertz CT molecular complexity index is 232. The summed E-state index contributed by atoms with van der Waals surface area (Å²) in [6.45, 7) is 0. The van der Waals surface area contributed by atoms with Gasteiger partial charge in [0.2, 0.25) is 0 Å². The minimum Gasteiger partial charge on any atom is -0.328 e. The Morgan fingerprint density at radius 1 is 1.25 bits per heavy atom. The maximum Gasteiger partial charge on any atom is 0.191 e. The molecule has 0 aliphatic heterocycles. The lowest BCUT2D eigenvalue weighted by Crippen LogP contribution is -2.33. The molecule has 0 unspecified atom stereocenters. The molecule has 12 heavy (non-hydrogen) atoms. The largest absolute Gasteiger partial charge is 0.328 e. The molecule has 0 aromatic rings. The molecule has 72 valence electrons. The fourth-order valence-electron chi connectivity index (χ4n) is 1.54. The summed E-state index contributed by atoms with van der Waals surface area (Å²) in [5.74, 6) is 0. The van der Waals surface area contributed by atoms with Crippen LogP contribution in [0.1, 0.15) is 25.7 Å². The molecule has 0 heterocycles. The zero-order chi connectivity index (χ0) is 9.19. The normalized spacial score (nSPS) is 31.8. The lowest BCUT2D eigenvalue weighted by molar-refractivity contribution is 0.426. The van der Waals surface area contributed by atoms with Crippen LogP contribution in [0.5, 0.6) is 0 Å². The number of halogens is 1. The highest BCUT2D eigenvalue weighted by atomic mass is 32.2. The maximum atomic E-state index is 12.0. The highest BCUT2D eigenvalue weighted by Gasteiger charge is 2.29. The van der Waals surface area contributed by atoms with Gasteiger partial charge in [-0.3, -0.25) is 0 Å². The van der Waals surface area contributed by atoms with E-state index in [4.69, 9.17) is 5.73 Å². The van der Waals surface area contributed by atoms with E-state index in [9.17, 15) is 12.8 Å². The molecule has 1 aliphatic rings. The minimum atomic E-state index is -3.47. The lowest BCUT2D eigenvalue weighted by atomic mass is 9.96. The molecule has 0 bridgehead atoms. The first-order valence-electron chi connectivity index (χ1n) is 4.09. The number of alkyl halides is 1. The molecular formula is C7H14FNO2S. The zero-order valence-corrected chi connectivity index (χ0v) is 7.69. The van der Waals surface area contributed by atoms with Gasteiger partial charge in [-0.1, -0.05) is 0 Å². The van der Waals surface area contributed by atoms with Gasteiger partial charge in [0.15, 0.2) is 15.8 Å². The van der Waals surface area contributed by atoms with Crippen molar-refractivity contribution >= 4 is 9.84 Å². The highest BCUT2D eigenvalue weighted by Crippen LogP contribution is 2.23. The van der Waals surface area contributed by atoms with Gasteiger partial charge in [-0.2, -0.15) is 0 Å². The first-order chi connectivity index (χ1) is 5.56. The van der Waals surface area contributed by atoms with Crippen molar-refractivity contribution in [2.45, 2.75) is 37.0 Å². The van der Waals surface area contributed by atoms with Crippen LogP contribution in [0.4, 0.5) is 4.39 Å². The van der Waals surface area contributed by atoms with Crippen molar-refractivity contribution in [3.63, 3.8) is 0 Å². The summed E-state index contributed by atoms with van der Waals surface area (Å²) in [7, 11) is -3.47. The second kappa shape index (κ2) is 3.70. The second-order valence-corrected chi connectivity index (χ2v) is 5.52. The van der Waals surface area contributed by atoms with Gasteiger partial charge in [0.1, 0.15) is 0 Å². The molecule has 0 aromatic heterocycles. The number of hydrogen-bond acceptors (Lipinski definition) is 3. The van der Waals surface area contributed by atoms with Crippen LogP contribution in [-0.2, 0) is 9.84 Å². The Morgan fingerprint density at radius 2 is 1.75 bits per heavy atom. The van der Waals surface area contributed by atoms with Crippen LogP contribution in [0, 0.1) is 0 Å². The van der Waals surface area contributed by atoms with Gasteiger partial charge in [-0.15, -0.1) is 0 Å². The standard InChI is InChI=1S/C7H14FNO2S/c8-5-12(10,11)7-3-1-6(9)2-4-7/h6-7H,1-5,9H2. The summed E-state index contributed by atoms with van der Waals surface area (Å²) in [4.78, 5) is 0. The van der Waals surface area contributed by atoms with E-state index < -0.39 is 21.1 Å². The van der Waals surface area contributed by atoms with E-state index in [0.717, 1.165) is 0 Å². The van der Waals surface area contributed by atoms with Gasteiger partial charge in [0, 0.05) is 6.04 Å². The summed E-state index contributed by atoms with van der Waals surface area (Å²) in [6, 6.07) is -1.12. The van der Waals surface area contributed by atoms with Crippen LogP contribution < -0.4 is 5.73 Å². The van der Waals surface area contributed by atoms with Gasteiger partial charge >= 0.3 is 0 Å². The Kier molecular flexibility index (Phi) is 3.06. The summed E-state index contributed by atoms with van der Waals surface area (Å²) in [5.41, 5.74) is 5.59. The molecular weight excluding hydrogens is 181 g/mol. The third-order valence-electron chi connectivity index (χ3n) is 2.38. The molecule has 0 amide bonds. The molecule has 1 fully saturated rings. The van der Waals surface area contributed by atoms with Crippen molar-refractivity contribution in [2.75, 3.05) is 6.01 Å². The van der Waals surface area contributed by atoms with Gasteiger partial charge in [0.25, 0.3) is 0 Å². The number of nitrogens with two attached hydrogens (primary N) is 1. The third-order valence-corrected chi connectivity index (χ3v) is 4.17. The smallest absolute Gasteiger partial charge is 0.191 e. The molecule has 1 rings (SSSR count). The molecule has 1 saturated carbocycles. The molecule has 5 heteroatoms. The van der Waals surface area contributed by atoms with Gasteiger partial charge < -0.3 is 5.73 Å². The third kappa shape index (κ3) is 2.17. The molecule has 0 atom stereocenters. The predicted molar refractivity (Wildman–Crippen MR) is 45.1 cm³/mol. The average Bonchev–Trinajstić information content (AvgIpc) is 2.05. The van der Waals surface area contributed by atoms with Crippen LogP contribution in [0.3, 0.4) is 0 Å². The molecule has 0 saturated heterocycles. The highest BCUT2D eigenvalue weighted by molar-refractivity contribution is 7.91. The van der Waals surface area contributed by atoms with Crippen molar-refractivity contribution in [3.05, 3.63) is 0 Å². The number of rotatable bonds is 2. The topological polar surface area (TPSA) is 60.2 Å². The fourth-order valence-corrected chi connectivity index (χ4v) is 2.71. The van der Waals surface area contributed by atoms with E-state index in [1.807, 2.05) is 0 Å². The fraction of sp³-hybridized carbons (Fsp3) is 1.00. The van der Waals surface area contributed by atoms with Crippen LogP contribution in [0.15, 0.2) is 0 Å². The van der Waals surface area contributed by atoms with Crippen LogP contribution in [0.2, 0.25) is 0 Å². The van der Waals surface area contributed by atoms with Crippen molar-refractivity contribution in [1.82, 2.24) is 0 Å². The quantitative estimate of drug-likeness (QED) is 0.701. The van der Waals surface area contributed by atoms with Gasteiger partial charge in [-0.05, 0) is 25.7 Å². The molecule has 0 spiro atoms. The van der Waals surface area contributed by atoms with E-state index in [-0.39, 0.29) is 6.04 Å². The Labute approximate surface area is 72.1 Å². The number of hydrogen-bond donors (Lipinski definition) is 1. The molecule has 3 nitrogen and oxygen atoms in total. The van der Waals surface area contributed by atoms with Crippen LogP contribution in [-0.4, -0.2) is 25.7 Å². The molecule has 0 aromatic carbocycles. The SMILES string of the molecule is NC1CCC(S(=O)(=O)CF)CC1. The van der Waals surface area contributed by atoms with E-state index in [1.165, 1.54) is 0 Å². The van der Waals surface area contributed by atoms with Crippen molar-refractivity contribution in [1.29, 1.82) is 0 Å². The van der Waals surface area contributed by atoms with E-state index >= 15 is 0 Å². The summed E-state index contributed by atoms with van der Waals surface area (Å²) in [6.07, 6.45) is 2.44. The van der Waals surface area contributed by atoms with E-state index in [2.05, 4.69) is 0 Å². The van der Waals surface area contributed by atoms with Crippen LogP contribution >= 0.6 is 0 Å². The molecule has 1 aliphatic carbocycles. The van der Waals surface area contributed by atoms with Gasteiger partial charge in [0.05, 0.1) is 5.25 Å². The molecule has 2 N–H and O–H groups in total. The molecule has 0 radical (unpaired) electrons. The van der Waals surface area contributed by atoms with Crippen LogP contribution in [0.25, 0.3) is 0 Å². The minimum absolute atomic E-state index is 0.107. The first kappa shape index (κ1) is 9.92. The first-order valence-corrected chi connectivity index (χ1v) is 5.81. The lowest BCUT2D eigenvalue weighted by Gasteiger charge is -2.24. The Hall–Kier alpha value is -0.160. The second-order valence-electron chi connectivity index (χ2n) is 3.31. The summed E-state index contributed by atoms with van der Waals surface area (Å²) in [5, 5.41) is -0.484. The number of sulfone groups is 1. The van der Waals surface area contributed by atoms with Gasteiger partial charge in [-0.25, -0.2) is 12.8 Å². The van der Waals surface area contributed by atoms with Crippen molar-refractivity contribution in [2.24, 2.45) is 5.73 Å². The van der Waals surface area contributed by atoms with Crippen molar-refractivity contribution in [3.8, 4) is 0 Å². The Morgan fingerprint density at radius 3 is 2.17 bits per heavy atom. The predicted octanol–water partition coefficient (Wildman–Crippen LogP) is 0.598. The Balaban J connectivity index is 2.56. The zero-order valence-electron chi connectivity index (χ0n) is 6.87. The van der Waals surface area contributed by atoms with Crippen molar-refractivity contribution < 1.29 is 12.8 Å². The summed E-state index contributed by atoms with van der Waals surface area (Å²) >= 11 is 0. The maximum absolute atomic E-state index is 12.0. The summed E-state index contributed by atoms with van der Waals surface area (Å²) < 4.78 is 34.1. The van der Waals surface area contributed by atoms with E-state index in [1.54, 1.807) is 0 Å². The van der Waals surface area contributed by atoms with E-state index in [0.29, 0.717) is 25.7 Å². The monoisotopic (exact) mass is 195 g/mol. The average molecular weight is 195 g/mol.